The molecule has 0 radical (unpaired) electrons. The number of nitrogens with zero attached hydrogens (tertiary/aromatic N) is 2. The standard InChI is InChI=1S/C34H36FN3O4/c1-41-30-14-9-15-31(42-2)32(30)28-22-27(37-38(28)26-19-17-25(35)18-20-26)34(40)36-33(24-12-7-4-8-13-24)29(39)21-16-23-10-5-3-6-11-23/h3,5-6,9-11,14-15,17-20,22,24,33H,4,7-8,12-13,16,21H2,1-2H3,(H,36,40)/t33-/m0/s1. The Morgan fingerprint density at radius 3 is 2.24 bits per heavy atom. The molecule has 1 saturated carbocycles. The quantitative estimate of drug-likeness (QED) is 0.221. The average molecular weight is 570 g/mol. The van der Waals surface area contributed by atoms with Gasteiger partial charge in [-0.05, 0) is 73.2 Å². The van der Waals surface area contributed by atoms with Crippen LogP contribution >= 0.6 is 0 Å². The molecule has 8 heteroatoms. The maximum Gasteiger partial charge on any atom is 0.272 e. The second-order valence-electron chi connectivity index (χ2n) is 10.6. The van der Waals surface area contributed by atoms with Crippen molar-refractivity contribution in [3.63, 3.8) is 0 Å². The van der Waals surface area contributed by atoms with Crippen molar-refractivity contribution in [2.24, 2.45) is 5.92 Å². The summed E-state index contributed by atoms with van der Waals surface area (Å²) in [6, 6.07) is 22.2. The van der Waals surface area contributed by atoms with E-state index >= 15 is 0 Å². The van der Waals surface area contributed by atoms with Crippen molar-refractivity contribution in [2.75, 3.05) is 14.2 Å². The highest BCUT2D eigenvalue weighted by atomic mass is 19.1. The molecule has 42 heavy (non-hydrogen) atoms. The molecule has 1 N–H and O–H groups in total. The van der Waals surface area contributed by atoms with Crippen LogP contribution < -0.4 is 14.8 Å². The molecule has 7 nitrogen and oxygen atoms in total. The van der Waals surface area contributed by atoms with Crippen molar-refractivity contribution in [3.05, 3.63) is 95.9 Å². The third kappa shape index (κ3) is 6.54. The molecule has 1 heterocycles. The Balaban J connectivity index is 1.49. The SMILES string of the molecule is COc1cccc(OC)c1-c1cc(C(=O)N[C@H](C(=O)CCc2ccccc2)C2CCCCC2)nn1-c1ccc(F)cc1. The summed E-state index contributed by atoms with van der Waals surface area (Å²) >= 11 is 0. The van der Waals surface area contributed by atoms with Crippen LogP contribution in [0.3, 0.4) is 0 Å². The molecule has 1 atom stereocenters. The Labute approximate surface area is 245 Å². The zero-order chi connectivity index (χ0) is 29.5. The smallest absolute Gasteiger partial charge is 0.272 e. The van der Waals surface area contributed by atoms with E-state index in [1.165, 1.54) is 12.1 Å². The average Bonchev–Trinajstić information content (AvgIpc) is 3.48. The Hall–Kier alpha value is -4.46. The lowest BCUT2D eigenvalue weighted by molar-refractivity contribution is -0.122. The molecule has 3 aromatic carbocycles. The number of halogens is 1. The third-order valence-corrected chi connectivity index (χ3v) is 7.95. The second kappa shape index (κ2) is 13.5. The summed E-state index contributed by atoms with van der Waals surface area (Å²) in [5, 5.41) is 7.71. The van der Waals surface area contributed by atoms with Crippen molar-refractivity contribution in [3.8, 4) is 28.4 Å². The van der Waals surface area contributed by atoms with E-state index in [0.29, 0.717) is 41.3 Å². The van der Waals surface area contributed by atoms with Crippen molar-refractivity contribution in [1.82, 2.24) is 15.1 Å². The minimum atomic E-state index is -0.596. The zero-order valence-corrected chi connectivity index (χ0v) is 24.0. The van der Waals surface area contributed by atoms with Crippen LogP contribution in [0.25, 0.3) is 16.9 Å². The number of Topliss-reactive ketones (excluding diaryl/α,β-unsaturated/α-hetero) is 1. The first kappa shape index (κ1) is 29.0. The summed E-state index contributed by atoms with van der Waals surface area (Å²) in [7, 11) is 3.11. The predicted molar refractivity (Wildman–Crippen MR) is 160 cm³/mol. The summed E-state index contributed by atoms with van der Waals surface area (Å²) in [5.74, 6) is 0.350. The van der Waals surface area contributed by atoms with Gasteiger partial charge in [0.05, 0.1) is 37.2 Å². The minimum absolute atomic E-state index is 0.0312. The number of benzene rings is 3. The number of ether oxygens (including phenoxy) is 2. The first-order valence-corrected chi connectivity index (χ1v) is 14.4. The molecular weight excluding hydrogens is 533 g/mol. The number of aryl methyl sites for hydroxylation is 1. The van der Waals surface area contributed by atoms with Gasteiger partial charge in [-0.2, -0.15) is 5.10 Å². The van der Waals surface area contributed by atoms with E-state index in [2.05, 4.69) is 10.4 Å². The van der Waals surface area contributed by atoms with E-state index in [0.717, 1.165) is 37.7 Å². The minimum Gasteiger partial charge on any atom is -0.496 e. The number of carbonyl (C=O) groups excluding carboxylic acids is 2. The molecule has 0 spiro atoms. The van der Waals surface area contributed by atoms with Gasteiger partial charge in [-0.3, -0.25) is 9.59 Å². The van der Waals surface area contributed by atoms with Gasteiger partial charge in [0.1, 0.15) is 17.3 Å². The number of methoxy groups -OCH3 is 2. The van der Waals surface area contributed by atoms with Crippen molar-refractivity contribution < 1.29 is 23.5 Å². The van der Waals surface area contributed by atoms with Gasteiger partial charge in [-0.1, -0.05) is 55.7 Å². The number of ketones is 1. The van der Waals surface area contributed by atoms with Gasteiger partial charge < -0.3 is 14.8 Å². The van der Waals surface area contributed by atoms with Gasteiger partial charge in [0.2, 0.25) is 0 Å². The van der Waals surface area contributed by atoms with E-state index in [9.17, 15) is 14.0 Å². The lowest BCUT2D eigenvalue weighted by Crippen LogP contribution is -2.46. The first-order valence-electron chi connectivity index (χ1n) is 14.4. The number of rotatable bonds is 11. The summed E-state index contributed by atoms with van der Waals surface area (Å²) < 4.78 is 26.6. The molecule has 4 aromatic rings. The van der Waals surface area contributed by atoms with Gasteiger partial charge in [0.25, 0.3) is 5.91 Å². The van der Waals surface area contributed by atoms with Crippen molar-refractivity contribution >= 4 is 11.7 Å². The number of hydrogen-bond donors (Lipinski definition) is 1. The van der Waals surface area contributed by atoms with Gasteiger partial charge in [-0.25, -0.2) is 9.07 Å². The fraction of sp³-hybridized carbons (Fsp3) is 0.324. The molecular formula is C34H36FN3O4. The molecule has 5 rings (SSSR count). The maximum atomic E-state index is 13.8. The number of carbonyl (C=O) groups is 2. The van der Waals surface area contributed by atoms with Crippen LogP contribution in [0.15, 0.2) is 78.9 Å². The molecule has 1 aliphatic carbocycles. The summed E-state index contributed by atoms with van der Waals surface area (Å²) in [5.41, 5.74) is 2.92. The monoisotopic (exact) mass is 569 g/mol. The van der Waals surface area contributed by atoms with E-state index < -0.39 is 11.9 Å². The molecule has 0 bridgehead atoms. The van der Waals surface area contributed by atoms with Crippen LogP contribution in [0.4, 0.5) is 4.39 Å². The highest BCUT2D eigenvalue weighted by molar-refractivity contribution is 5.98. The Bertz CT molecular complexity index is 1490. The Kier molecular flexibility index (Phi) is 9.31. The largest absolute Gasteiger partial charge is 0.496 e. The normalized spacial score (nSPS) is 14.3. The topological polar surface area (TPSA) is 82.4 Å². The van der Waals surface area contributed by atoms with Crippen LogP contribution in [-0.2, 0) is 11.2 Å². The van der Waals surface area contributed by atoms with Crippen LogP contribution in [0, 0.1) is 11.7 Å². The lowest BCUT2D eigenvalue weighted by atomic mass is 9.81. The summed E-state index contributed by atoms with van der Waals surface area (Å²) in [6.45, 7) is 0. The van der Waals surface area contributed by atoms with E-state index in [1.54, 1.807) is 49.2 Å². The van der Waals surface area contributed by atoms with Crippen LogP contribution in [0.5, 0.6) is 11.5 Å². The van der Waals surface area contributed by atoms with E-state index in [4.69, 9.17) is 9.47 Å². The molecule has 1 aromatic heterocycles. The molecule has 1 amide bonds. The molecule has 1 aliphatic rings. The van der Waals surface area contributed by atoms with Gasteiger partial charge in [-0.15, -0.1) is 0 Å². The number of aromatic nitrogens is 2. The first-order chi connectivity index (χ1) is 20.5. The molecule has 0 aliphatic heterocycles. The highest BCUT2D eigenvalue weighted by Gasteiger charge is 2.32. The number of hydrogen-bond acceptors (Lipinski definition) is 5. The van der Waals surface area contributed by atoms with Crippen molar-refractivity contribution in [1.29, 1.82) is 0 Å². The molecule has 0 unspecified atom stereocenters. The molecule has 0 saturated heterocycles. The van der Waals surface area contributed by atoms with Crippen LogP contribution in [0.2, 0.25) is 0 Å². The highest BCUT2D eigenvalue weighted by Crippen LogP contribution is 2.39. The van der Waals surface area contributed by atoms with Crippen LogP contribution in [0.1, 0.15) is 54.6 Å². The Morgan fingerprint density at radius 2 is 1.60 bits per heavy atom. The lowest BCUT2D eigenvalue weighted by Gasteiger charge is -2.30. The fourth-order valence-electron chi connectivity index (χ4n) is 5.76. The number of amides is 1. The summed E-state index contributed by atoms with van der Waals surface area (Å²) in [6.07, 6.45) is 5.99. The molecule has 1 fully saturated rings. The second-order valence-corrected chi connectivity index (χ2v) is 10.6. The van der Waals surface area contributed by atoms with Crippen molar-refractivity contribution in [2.45, 2.75) is 51.0 Å². The van der Waals surface area contributed by atoms with E-state index in [1.807, 2.05) is 36.4 Å². The maximum absolute atomic E-state index is 13.8. The molecule has 218 valence electrons. The summed E-state index contributed by atoms with van der Waals surface area (Å²) in [4.78, 5) is 27.4. The fourth-order valence-corrected chi connectivity index (χ4v) is 5.76. The van der Waals surface area contributed by atoms with Gasteiger partial charge >= 0.3 is 0 Å². The number of nitrogens with one attached hydrogen (secondary N) is 1. The van der Waals surface area contributed by atoms with Gasteiger partial charge in [0.15, 0.2) is 11.5 Å². The Morgan fingerprint density at radius 1 is 0.929 bits per heavy atom. The zero-order valence-electron chi connectivity index (χ0n) is 24.0. The van der Waals surface area contributed by atoms with Crippen LogP contribution in [-0.4, -0.2) is 41.7 Å². The van der Waals surface area contributed by atoms with Gasteiger partial charge in [0, 0.05) is 6.42 Å². The van der Waals surface area contributed by atoms with E-state index in [-0.39, 0.29) is 23.2 Å². The predicted octanol–water partition coefficient (Wildman–Crippen LogP) is 6.58. The third-order valence-electron chi connectivity index (χ3n) is 7.95.